The molecule has 2 N–H and O–H groups in total. The number of aromatic nitrogens is 1. The maximum absolute atomic E-state index is 14.5. The van der Waals surface area contributed by atoms with Crippen LogP contribution in [0.2, 0.25) is 0 Å². The first-order chi connectivity index (χ1) is 14.7. The van der Waals surface area contributed by atoms with Crippen LogP contribution in [0.1, 0.15) is 39.9 Å². The van der Waals surface area contributed by atoms with Crippen molar-refractivity contribution in [3.05, 3.63) is 98.6 Å². The molecule has 0 saturated heterocycles. The zero-order chi connectivity index (χ0) is 22.3. The van der Waals surface area contributed by atoms with E-state index in [-0.39, 0.29) is 18.0 Å². The molecule has 2 aromatic carbocycles. The third-order valence-corrected chi connectivity index (χ3v) is 6.85. The highest BCUT2D eigenvalue weighted by Crippen LogP contribution is 2.42. The number of thioether (sulfide) groups is 1. The van der Waals surface area contributed by atoms with Crippen LogP contribution >= 0.6 is 11.8 Å². The molecule has 0 spiro atoms. The first-order valence-electron chi connectivity index (χ1n) is 9.71. The Labute approximate surface area is 180 Å². The fourth-order valence-electron chi connectivity index (χ4n) is 4.02. The number of hydrogen-bond donors (Lipinski definition) is 1. The van der Waals surface area contributed by atoms with Gasteiger partial charge < -0.3 is 5.73 Å². The second-order valence-corrected chi connectivity index (χ2v) is 8.58. The van der Waals surface area contributed by atoms with Crippen molar-refractivity contribution in [1.29, 1.82) is 0 Å². The summed E-state index contributed by atoms with van der Waals surface area (Å²) in [5.41, 5.74) is 6.68. The van der Waals surface area contributed by atoms with Crippen molar-refractivity contribution >= 4 is 11.8 Å². The molecular formula is C23H20F4N2OS. The molecule has 1 aliphatic heterocycles. The molecule has 162 valence electrons. The molecule has 1 aromatic heterocycles. The van der Waals surface area contributed by atoms with E-state index < -0.39 is 29.2 Å². The Morgan fingerprint density at radius 2 is 1.84 bits per heavy atom. The molecule has 0 bridgehead atoms. The SMILES string of the molecule is Cc1cc(=O)n2c(c1Cc1c(F)cccc1C(F)(F)F)SCC2C(N)c1ccccc1. The first-order valence-corrected chi connectivity index (χ1v) is 10.7. The summed E-state index contributed by atoms with van der Waals surface area (Å²) in [6.07, 6.45) is -4.94. The molecule has 1 aliphatic rings. The Hall–Kier alpha value is -2.58. The minimum absolute atomic E-state index is 0.261. The van der Waals surface area contributed by atoms with Crippen molar-refractivity contribution in [1.82, 2.24) is 4.57 Å². The molecule has 2 atom stereocenters. The van der Waals surface area contributed by atoms with Crippen molar-refractivity contribution in [3.63, 3.8) is 0 Å². The van der Waals surface area contributed by atoms with Gasteiger partial charge in [-0.2, -0.15) is 13.2 Å². The number of benzene rings is 2. The van der Waals surface area contributed by atoms with E-state index in [2.05, 4.69) is 0 Å². The number of hydrogen-bond acceptors (Lipinski definition) is 3. The fourth-order valence-corrected chi connectivity index (χ4v) is 5.48. The summed E-state index contributed by atoms with van der Waals surface area (Å²) in [5, 5.41) is 0.553. The van der Waals surface area contributed by atoms with Gasteiger partial charge in [-0.3, -0.25) is 9.36 Å². The highest BCUT2D eigenvalue weighted by Gasteiger charge is 2.36. The molecular weight excluding hydrogens is 428 g/mol. The van der Waals surface area contributed by atoms with E-state index in [0.29, 0.717) is 21.9 Å². The Kier molecular flexibility index (Phi) is 5.70. The predicted molar refractivity (Wildman–Crippen MR) is 113 cm³/mol. The quantitative estimate of drug-likeness (QED) is 0.555. The number of pyridine rings is 1. The van der Waals surface area contributed by atoms with Crippen LogP contribution in [-0.2, 0) is 12.6 Å². The van der Waals surface area contributed by atoms with Crippen molar-refractivity contribution in [3.8, 4) is 0 Å². The van der Waals surface area contributed by atoms with E-state index in [1.807, 2.05) is 30.3 Å². The number of nitrogens with two attached hydrogens (primary N) is 1. The summed E-state index contributed by atoms with van der Waals surface area (Å²) in [6.45, 7) is 1.66. The lowest BCUT2D eigenvalue weighted by Crippen LogP contribution is -2.32. The fraction of sp³-hybridized carbons (Fsp3) is 0.261. The largest absolute Gasteiger partial charge is 0.416 e. The highest BCUT2D eigenvalue weighted by atomic mass is 32.2. The lowest BCUT2D eigenvalue weighted by Gasteiger charge is -2.23. The van der Waals surface area contributed by atoms with Gasteiger partial charge in [-0.1, -0.05) is 36.4 Å². The molecule has 0 fully saturated rings. The predicted octanol–water partition coefficient (Wildman–Crippen LogP) is 5.25. The van der Waals surface area contributed by atoms with Crippen LogP contribution in [0.4, 0.5) is 17.6 Å². The average molecular weight is 448 g/mol. The maximum Gasteiger partial charge on any atom is 0.416 e. The van der Waals surface area contributed by atoms with Crippen molar-refractivity contribution in [2.24, 2.45) is 5.73 Å². The van der Waals surface area contributed by atoms with E-state index in [9.17, 15) is 22.4 Å². The van der Waals surface area contributed by atoms with Gasteiger partial charge in [0.15, 0.2) is 0 Å². The van der Waals surface area contributed by atoms with Gasteiger partial charge in [0.1, 0.15) is 5.82 Å². The smallest absolute Gasteiger partial charge is 0.322 e. The molecule has 0 radical (unpaired) electrons. The van der Waals surface area contributed by atoms with Gasteiger partial charge in [0, 0.05) is 23.8 Å². The number of rotatable bonds is 4. The molecule has 3 nitrogen and oxygen atoms in total. The minimum Gasteiger partial charge on any atom is -0.322 e. The lowest BCUT2D eigenvalue weighted by atomic mass is 9.96. The van der Waals surface area contributed by atoms with Crippen LogP contribution in [0.5, 0.6) is 0 Å². The second kappa shape index (κ2) is 8.16. The van der Waals surface area contributed by atoms with Gasteiger partial charge in [0.25, 0.3) is 5.56 Å². The Bertz CT molecular complexity index is 1170. The monoisotopic (exact) mass is 448 g/mol. The topological polar surface area (TPSA) is 48.0 Å². The summed E-state index contributed by atoms with van der Waals surface area (Å²) >= 11 is 1.37. The van der Waals surface area contributed by atoms with Gasteiger partial charge in [-0.15, -0.1) is 11.8 Å². The van der Waals surface area contributed by atoms with Gasteiger partial charge in [-0.05, 0) is 35.7 Å². The second-order valence-electron chi connectivity index (χ2n) is 7.57. The average Bonchev–Trinajstić information content (AvgIpc) is 3.17. The molecule has 0 saturated carbocycles. The Morgan fingerprint density at radius 1 is 1.13 bits per heavy atom. The van der Waals surface area contributed by atoms with Gasteiger partial charge in [-0.25, -0.2) is 4.39 Å². The Morgan fingerprint density at radius 3 is 2.52 bits per heavy atom. The number of halogens is 4. The van der Waals surface area contributed by atoms with Crippen LogP contribution in [0, 0.1) is 12.7 Å². The number of fused-ring (bicyclic) bond motifs is 1. The summed E-state index contributed by atoms with van der Waals surface area (Å²) in [4.78, 5) is 12.8. The lowest BCUT2D eigenvalue weighted by molar-refractivity contribution is -0.138. The van der Waals surface area contributed by atoms with Crippen LogP contribution < -0.4 is 11.3 Å². The molecule has 3 aromatic rings. The van der Waals surface area contributed by atoms with Gasteiger partial charge >= 0.3 is 6.18 Å². The van der Waals surface area contributed by atoms with Crippen LogP contribution in [-0.4, -0.2) is 10.3 Å². The molecule has 2 unspecified atom stereocenters. The van der Waals surface area contributed by atoms with Crippen molar-refractivity contribution < 1.29 is 17.6 Å². The first kappa shape index (κ1) is 21.6. The third-order valence-electron chi connectivity index (χ3n) is 5.63. The molecule has 31 heavy (non-hydrogen) atoms. The number of alkyl halides is 3. The highest BCUT2D eigenvalue weighted by molar-refractivity contribution is 7.99. The summed E-state index contributed by atoms with van der Waals surface area (Å²) in [7, 11) is 0. The summed E-state index contributed by atoms with van der Waals surface area (Å²) < 4.78 is 56.5. The minimum atomic E-state index is -4.68. The van der Waals surface area contributed by atoms with Crippen molar-refractivity contribution in [2.45, 2.75) is 36.6 Å². The summed E-state index contributed by atoms with van der Waals surface area (Å²) in [6, 6.07) is 12.9. The molecule has 0 amide bonds. The van der Waals surface area contributed by atoms with E-state index in [0.717, 1.165) is 23.8 Å². The maximum atomic E-state index is 14.5. The van der Waals surface area contributed by atoms with E-state index in [4.69, 9.17) is 5.73 Å². The van der Waals surface area contributed by atoms with E-state index >= 15 is 0 Å². The third kappa shape index (κ3) is 4.02. The Balaban J connectivity index is 1.80. The van der Waals surface area contributed by atoms with Crippen LogP contribution in [0.15, 0.2) is 64.4 Å². The summed E-state index contributed by atoms with van der Waals surface area (Å²) in [5.74, 6) is -0.412. The van der Waals surface area contributed by atoms with Crippen molar-refractivity contribution in [2.75, 3.05) is 5.75 Å². The van der Waals surface area contributed by atoms with Gasteiger partial charge in [0.05, 0.1) is 22.7 Å². The standard InChI is InChI=1S/C23H20F4N2OS/c1-13-10-20(30)29-19(21(28)14-6-3-2-4-7-14)12-31-22(29)15(13)11-16-17(23(25,26)27)8-5-9-18(16)24/h2-10,19,21H,11-12,28H2,1H3. The molecule has 2 heterocycles. The molecule has 8 heteroatoms. The number of aryl methyl sites for hydroxylation is 1. The van der Waals surface area contributed by atoms with Crippen LogP contribution in [0.25, 0.3) is 0 Å². The normalized spacial score (nSPS) is 16.9. The molecule has 4 rings (SSSR count). The van der Waals surface area contributed by atoms with Crippen LogP contribution in [0.3, 0.4) is 0 Å². The zero-order valence-corrected chi connectivity index (χ0v) is 17.4. The van der Waals surface area contributed by atoms with E-state index in [1.165, 1.54) is 17.8 Å². The number of nitrogens with zero attached hydrogens (tertiary/aromatic N) is 1. The zero-order valence-electron chi connectivity index (χ0n) is 16.6. The van der Waals surface area contributed by atoms with E-state index in [1.54, 1.807) is 11.5 Å². The molecule has 0 aliphatic carbocycles. The van der Waals surface area contributed by atoms with Gasteiger partial charge in [0.2, 0.25) is 0 Å².